The molecule has 4 rings (SSSR count). The number of rotatable bonds is 6. The second kappa shape index (κ2) is 10.6. The first-order valence-electron chi connectivity index (χ1n) is 10.5. The van der Waals surface area contributed by atoms with Crippen LogP contribution in [0.1, 0.15) is 36.4 Å². The number of piperidine rings is 1. The molecule has 0 radical (unpaired) electrons. The Labute approximate surface area is 192 Å². The van der Waals surface area contributed by atoms with Crippen LogP contribution in [0.2, 0.25) is 0 Å². The molecule has 1 unspecified atom stereocenters. The van der Waals surface area contributed by atoms with Gasteiger partial charge in [0.05, 0.1) is 6.04 Å². The molecule has 0 bridgehead atoms. The van der Waals surface area contributed by atoms with E-state index in [4.69, 9.17) is 0 Å². The molecule has 3 aromatic carbocycles. The Morgan fingerprint density at radius 1 is 0.906 bits per heavy atom. The molecule has 0 amide bonds. The summed E-state index contributed by atoms with van der Waals surface area (Å²) < 4.78 is 40.8. The Kier molecular flexibility index (Phi) is 7.91. The lowest BCUT2D eigenvalue weighted by Gasteiger charge is -2.38. The number of benzene rings is 3. The van der Waals surface area contributed by atoms with E-state index >= 15 is 0 Å². The molecule has 3 aromatic rings. The molecule has 1 saturated heterocycles. The van der Waals surface area contributed by atoms with Crippen LogP contribution in [-0.4, -0.2) is 12.9 Å². The smallest absolute Gasteiger partial charge is 0.406 e. The van der Waals surface area contributed by atoms with Gasteiger partial charge in [-0.05, 0) is 60.7 Å². The second-order valence-electron chi connectivity index (χ2n) is 7.71. The van der Waals surface area contributed by atoms with Crippen molar-refractivity contribution >= 4 is 23.8 Å². The zero-order valence-electron chi connectivity index (χ0n) is 17.5. The average Bonchev–Trinajstić information content (AvgIpc) is 2.78. The van der Waals surface area contributed by atoms with Crippen LogP contribution in [0.25, 0.3) is 0 Å². The predicted octanol–water partition coefficient (Wildman–Crippen LogP) is 7.35. The Bertz CT molecular complexity index is 980. The van der Waals surface area contributed by atoms with Gasteiger partial charge in [-0.3, -0.25) is 0 Å². The number of ether oxygens (including phenoxy) is 1. The van der Waals surface area contributed by atoms with E-state index in [2.05, 4.69) is 51.4 Å². The summed E-state index contributed by atoms with van der Waals surface area (Å²) in [6, 6.07) is 25.2. The van der Waals surface area contributed by atoms with E-state index in [0.717, 1.165) is 24.2 Å². The second-order valence-corrected chi connectivity index (χ2v) is 7.71. The van der Waals surface area contributed by atoms with E-state index < -0.39 is 6.36 Å². The largest absolute Gasteiger partial charge is 0.573 e. The van der Waals surface area contributed by atoms with Crippen LogP contribution >= 0.6 is 12.4 Å². The molecule has 0 saturated carbocycles. The van der Waals surface area contributed by atoms with Crippen molar-refractivity contribution in [2.45, 2.75) is 38.2 Å². The molecular formula is C25H26ClF3N2O. The van der Waals surface area contributed by atoms with Crippen molar-refractivity contribution in [3.63, 3.8) is 0 Å². The summed E-state index contributed by atoms with van der Waals surface area (Å²) in [5.41, 5.74) is 4.36. The van der Waals surface area contributed by atoms with E-state index in [0.29, 0.717) is 12.6 Å². The molecule has 170 valence electrons. The lowest BCUT2D eigenvalue weighted by Crippen LogP contribution is -2.33. The van der Waals surface area contributed by atoms with Crippen LogP contribution in [-0.2, 0) is 6.54 Å². The van der Waals surface area contributed by atoms with Crippen molar-refractivity contribution in [3.05, 3.63) is 90.0 Å². The molecule has 1 fully saturated rings. The molecule has 0 spiro atoms. The maximum atomic E-state index is 12.3. The zero-order chi connectivity index (χ0) is 21.7. The lowest BCUT2D eigenvalue weighted by molar-refractivity contribution is -0.274. The maximum absolute atomic E-state index is 12.3. The van der Waals surface area contributed by atoms with Crippen LogP contribution in [0, 0.1) is 0 Å². The normalized spacial score (nSPS) is 16.2. The van der Waals surface area contributed by atoms with E-state index in [1.165, 1.54) is 36.2 Å². The van der Waals surface area contributed by atoms with Crippen molar-refractivity contribution in [2.24, 2.45) is 0 Å². The molecule has 3 nitrogen and oxygen atoms in total. The van der Waals surface area contributed by atoms with Gasteiger partial charge >= 0.3 is 6.36 Å². The van der Waals surface area contributed by atoms with Crippen LogP contribution in [0.4, 0.5) is 24.5 Å². The number of nitrogens with one attached hydrogen (secondary N) is 1. The monoisotopic (exact) mass is 462 g/mol. The maximum Gasteiger partial charge on any atom is 0.573 e. The SMILES string of the molecule is Cl.FC(F)(F)Oc1ccc(CNc2cccc(N3CCCCC3c3ccccc3)c2)cc1. The summed E-state index contributed by atoms with van der Waals surface area (Å²) in [6.07, 6.45) is -1.14. The highest BCUT2D eigenvalue weighted by Gasteiger charge is 2.31. The van der Waals surface area contributed by atoms with Crippen molar-refractivity contribution in [3.8, 4) is 5.75 Å². The Morgan fingerprint density at radius 3 is 2.38 bits per heavy atom. The third-order valence-electron chi connectivity index (χ3n) is 5.52. The van der Waals surface area contributed by atoms with Gasteiger partial charge < -0.3 is 15.0 Å². The number of hydrogen-bond donors (Lipinski definition) is 1. The Hall–Kier alpha value is -2.86. The summed E-state index contributed by atoms with van der Waals surface area (Å²) in [4.78, 5) is 2.47. The van der Waals surface area contributed by atoms with Gasteiger partial charge in [0.15, 0.2) is 0 Å². The number of halogens is 4. The van der Waals surface area contributed by atoms with Gasteiger partial charge in [0.1, 0.15) is 5.75 Å². The van der Waals surface area contributed by atoms with Crippen molar-refractivity contribution in [2.75, 3.05) is 16.8 Å². The van der Waals surface area contributed by atoms with Crippen LogP contribution in [0.5, 0.6) is 5.75 Å². The van der Waals surface area contributed by atoms with E-state index in [1.54, 1.807) is 12.1 Å². The van der Waals surface area contributed by atoms with Gasteiger partial charge in [-0.15, -0.1) is 25.6 Å². The fourth-order valence-corrected chi connectivity index (χ4v) is 4.07. The lowest BCUT2D eigenvalue weighted by atomic mass is 9.94. The number of anilines is 2. The summed E-state index contributed by atoms with van der Waals surface area (Å²) in [5.74, 6) is -0.213. The van der Waals surface area contributed by atoms with Gasteiger partial charge in [-0.2, -0.15) is 0 Å². The zero-order valence-corrected chi connectivity index (χ0v) is 18.3. The molecule has 1 N–H and O–H groups in total. The van der Waals surface area contributed by atoms with Gasteiger partial charge in [-0.25, -0.2) is 0 Å². The number of nitrogens with zero attached hydrogens (tertiary/aromatic N) is 1. The average molecular weight is 463 g/mol. The van der Waals surface area contributed by atoms with E-state index in [9.17, 15) is 13.2 Å². The molecule has 0 aromatic heterocycles. The Morgan fingerprint density at radius 2 is 1.66 bits per heavy atom. The molecule has 1 heterocycles. The van der Waals surface area contributed by atoms with Gasteiger partial charge in [-0.1, -0.05) is 48.5 Å². The highest BCUT2D eigenvalue weighted by atomic mass is 35.5. The van der Waals surface area contributed by atoms with Gasteiger partial charge in [0.25, 0.3) is 0 Å². The summed E-state index contributed by atoms with van der Waals surface area (Å²) in [5, 5.41) is 3.37. The minimum atomic E-state index is -4.67. The molecule has 1 aliphatic heterocycles. The first-order valence-corrected chi connectivity index (χ1v) is 10.5. The minimum Gasteiger partial charge on any atom is -0.406 e. The third kappa shape index (κ3) is 6.33. The van der Waals surface area contributed by atoms with Crippen LogP contribution < -0.4 is 15.0 Å². The third-order valence-corrected chi connectivity index (χ3v) is 5.52. The van der Waals surface area contributed by atoms with Crippen molar-refractivity contribution in [1.82, 2.24) is 0 Å². The number of hydrogen-bond acceptors (Lipinski definition) is 3. The standard InChI is InChI=1S/C25H25F3N2O.ClH/c26-25(27,28)31-23-14-12-19(13-15-23)18-29-21-9-6-10-22(17-21)30-16-5-4-11-24(30)20-7-2-1-3-8-20;/h1-3,6-10,12-15,17,24,29H,4-5,11,16,18H2;1H. The van der Waals surface area contributed by atoms with Crippen LogP contribution in [0.3, 0.4) is 0 Å². The first-order chi connectivity index (χ1) is 15.0. The fraction of sp³-hybridized carbons (Fsp3) is 0.280. The summed E-state index contributed by atoms with van der Waals surface area (Å²) >= 11 is 0. The molecule has 7 heteroatoms. The van der Waals surface area contributed by atoms with E-state index in [-0.39, 0.29) is 18.2 Å². The van der Waals surface area contributed by atoms with Crippen molar-refractivity contribution < 1.29 is 17.9 Å². The molecule has 1 aliphatic rings. The molecule has 1 atom stereocenters. The van der Waals surface area contributed by atoms with Gasteiger partial charge in [0, 0.05) is 24.5 Å². The predicted molar refractivity (Wildman–Crippen MR) is 125 cm³/mol. The van der Waals surface area contributed by atoms with Gasteiger partial charge in [0.2, 0.25) is 0 Å². The van der Waals surface area contributed by atoms with Crippen molar-refractivity contribution in [1.29, 1.82) is 0 Å². The highest BCUT2D eigenvalue weighted by Crippen LogP contribution is 2.35. The molecule has 0 aliphatic carbocycles. The molecule has 32 heavy (non-hydrogen) atoms. The first kappa shape index (κ1) is 23.8. The summed E-state index contributed by atoms with van der Waals surface area (Å²) in [6.45, 7) is 1.53. The topological polar surface area (TPSA) is 24.5 Å². The van der Waals surface area contributed by atoms with E-state index in [1.807, 2.05) is 18.2 Å². The molecular weight excluding hydrogens is 437 g/mol. The Balaban J connectivity index is 0.00000289. The quantitative estimate of drug-likeness (QED) is 0.414. The number of alkyl halides is 3. The van der Waals surface area contributed by atoms with Crippen LogP contribution in [0.15, 0.2) is 78.9 Å². The fourth-order valence-electron chi connectivity index (χ4n) is 4.07. The highest BCUT2D eigenvalue weighted by molar-refractivity contribution is 5.85. The minimum absolute atomic E-state index is 0. The summed E-state index contributed by atoms with van der Waals surface area (Å²) in [7, 11) is 0.